The van der Waals surface area contributed by atoms with Crippen LogP contribution in [0.25, 0.3) is 0 Å². The van der Waals surface area contributed by atoms with Gasteiger partial charge in [0.1, 0.15) is 11.6 Å². The minimum atomic E-state index is -0.520. The zero-order chi connectivity index (χ0) is 15.2. The summed E-state index contributed by atoms with van der Waals surface area (Å²) in [6.07, 6.45) is 0. The highest BCUT2D eigenvalue weighted by atomic mass is 35.5. The van der Waals surface area contributed by atoms with Crippen molar-refractivity contribution in [2.45, 2.75) is 6.54 Å². The predicted molar refractivity (Wildman–Crippen MR) is 78.1 cm³/mol. The van der Waals surface area contributed by atoms with Crippen molar-refractivity contribution in [3.63, 3.8) is 0 Å². The summed E-state index contributed by atoms with van der Waals surface area (Å²) in [6.45, 7) is 0.212. The van der Waals surface area contributed by atoms with E-state index in [1.165, 1.54) is 30.3 Å². The lowest BCUT2D eigenvalue weighted by Gasteiger charge is -2.09. The Balaban J connectivity index is 1.80. The Bertz CT molecular complexity index is 632. The molecular formula is C15H13ClF2N2O. The molecule has 0 aliphatic carbocycles. The maximum absolute atomic E-state index is 13.5. The van der Waals surface area contributed by atoms with Gasteiger partial charge in [-0.2, -0.15) is 0 Å². The Kier molecular flexibility index (Phi) is 5.11. The first-order chi connectivity index (χ1) is 10.0. The monoisotopic (exact) mass is 310 g/mol. The van der Waals surface area contributed by atoms with Gasteiger partial charge in [0, 0.05) is 11.6 Å². The Morgan fingerprint density at radius 1 is 1.10 bits per heavy atom. The van der Waals surface area contributed by atoms with Crippen molar-refractivity contribution in [3.05, 3.63) is 64.7 Å². The molecule has 0 aliphatic heterocycles. The van der Waals surface area contributed by atoms with Gasteiger partial charge in [0.25, 0.3) is 0 Å². The van der Waals surface area contributed by atoms with E-state index in [2.05, 4.69) is 10.6 Å². The third-order valence-electron chi connectivity index (χ3n) is 2.77. The molecule has 0 radical (unpaired) electrons. The smallest absolute Gasteiger partial charge is 0.239 e. The van der Waals surface area contributed by atoms with Gasteiger partial charge in [-0.05, 0) is 35.9 Å². The summed E-state index contributed by atoms with van der Waals surface area (Å²) >= 11 is 5.63. The second-order valence-corrected chi connectivity index (χ2v) is 4.82. The van der Waals surface area contributed by atoms with E-state index in [9.17, 15) is 13.6 Å². The summed E-state index contributed by atoms with van der Waals surface area (Å²) in [5, 5.41) is 5.62. The third-order valence-corrected chi connectivity index (χ3v) is 3.01. The summed E-state index contributed by atoms with van der Waals surface area (Å²) in [7, 11) is 0. The van der Waals surface area contributed by atoms with Crippen LogP contribution < -0.4 is 10.6 Å². The molecule has 6 heteroatoms. The fraction of sp³-hybridized carbons (Fsp3) is 0.133. The Morgan fingerprint density at radius 3 is 2.48 bits per heavy atom. The molecule has 0 unspecified atom stereocenters. The number of nitrogens with one attached hydrogen (secondary N) is 2. The molecule has 2 N–H and O–H groups in total. The van der Waals surface area contributed by atoms with E-state index < -0.39 is 5.82 Å². The molecule has 0 spiro atoms. The number of amides is 1. The van der Waals surface area contributed by atoms with Crippen LogP contribution in [0.4, 0.5) is 14.5 Å². The van der Waals surface area contributed by atoms with Crippen LogP contribution in [0.1, 0.15) is 5.56 Å². The van der Waals surface area contributed by atoms with Crippen LogP contribution in [0.2, 0.25) is 5.02 Å². The van der Waals surface area contributed by atoms with E-state index >= 15 is 0 Å². The van der Waals surface area contributed by atoms with Crippen molar-refractivity contribution in [2.75, 3.05) is 11.9 Å². The number of carbonyl (C=O) groups excluding carboxylic acids is 1. The van der Waals surface area contributed by atoms with Gasteiger partial charge < -0.3 is 10.6 Å². The van der Waals surface area contributed by atoms with Crippen LogP contribution in [0.5, 0.6) is 0 Å². The molecule has 0 bridgehead atoms. The molecule has 0 heterocycles. The molecule has 21 heavy (non-hydrogen) atoms. The van der Waals surface area contributed by atoms with E-state index in [0.717, 1.165) is 5.56 Å². The normalized spacial score (nSPS) is 10.2. The number of anilines is 1. The minimum Gasteiger partial charge on any atom is -0.374 e. The fourth-order valence-corrected chi connectivity index (χ4v) is 1.83. The van der Waals surface area contributed by atoms with E-state index in [1.54, 1.807) is 12.1 Å². The lowest BCUT2D eigenvalue weighted by molar-refractivity contribution is -0.119. The average Bonchev–Trinajstić information content (AvgIpc) is 2.46. The molecule has 0 aromatic heterocycles. The first kappa shape index (κ1) is 15.3. The molecule has 0 aliphatic rings. The number of hydrogen-bond donors (Lipinski definition) is 2. The quantitative estimate of drug-likeness (QED) is 0.889. The lowest BCUT2D eigenvalue weighted by atomic mass is 10.2. The molecular weight excluding hydrogens is 298 g/mol. The highest BCUT2D eigenvalue weighted by molar-refractivity contribution is 6.30. The molecule has 2 aromatic carbocycles. The lowest BCUT2D eigenvalue weighted by Crippen LogP contribution is -2.29. The van der Waals surface area contributed by atoms with Crippen molar-refractivity contribution >= 4 is 23.2 Å². The Hall–Kier alpha value is -2.14. The second kappa shape index (κ2) is 7.04. The molecule has 0 fully saturated rings. The van der Waals surface area contributed by atoms with Crippen LogP contribution in [-0.4, -0.2) is 12.5 Å². The molecule has 3 nitrogen and oxygen atoms in total. The zero-order valence-corrected chi connectivity index (χ0v) is 11.8. The van der Waals surface area contributed by atoms with Gasteiger partial charge in [-0.1, -0.05) is 23.7 Å². The van der Waals surface area contributed by atoms with Crippen molar-refractivity contribution in [1.82, 2.24) is 5.32 Å². The van der Waals surface area contributed by atoms with E-state index in [0.29, 0.717) is 5.02 Å². The van der Waals surface area contributed by atoms with Gasteiger partial charge in [0.05, 0.1) is 12.2 Å². The van der Waals surface area contributed by atoms with E-state index in [4.69, 9.17) is 11.6 Å². The maximum Gasteiger partial charge on any atom is 0.239 e. The van der Waals surface area contributed by atoms with Gasteiger partial charge in [-0.25, -0.2) is 8.78 Å². The zero-order valence-electron chi connectivity index (χ0n) is 11.0. The van der Waals surface area contributed by atoms with Crippen molar-refractivity contribution < 1.29 is 13.6 Å². The number of hydrogen-bond acceptors (Lipinski definition) is 2. The van der Waals surface area contributed by atoms with Crippen LogP contribution in [0.3, 0.4) is 0 Å². The Labute approximate surface area is 125 Å². The summed E-state index contributed by atoms with van der Waals surface area (Å²) in [5.41, 5.74) is 0.985. The van der Waals surface area contributed by atoms with Crippen LogP contribution >= 0.6 is 11.6 Å². The molecule has 2 aromatic rings. The molecule has 2 rings (SSSR count). The molecule has 1 amide bonds. The van der Waals surface area contributed by atoms with E-state index in [1.807, 2.05) is 0 Å². The van der Waals surface area contributed by atoms with Crippen LogP contribution in [0, 0.1) is 11.6 Å². The molecule has 0 atom stereocenters. The number of carbonyl (C=O) groups is 1. The van der Waals surface area contributed by atoms with Crippen LogP contribution in [-0.2, 0) is 11.3 Å². The third kappa shape index (κ3) is 4.72. The highest BCUT2D eigenvalue weighted by Gasteiger charge is 2.05. The Morgan fingerprint density at radius 2 is 1.81 bits per heavy atom. The largest absolute Gasteiger partial charge is 0.374 e. The highest BCUT2D eigenvalue weighted by Crippen LogP contribution is 2.18. The van der Waals surface area contributed by atoms with Gasteiger partial charge in [0.2, 0.25) is 5.91 Å². The number of halogens is 3. The minimum absolute atomic E-state index is 0.0697. The second-order valence-electron chi connectivity index (χ2n) is 4.38. The van der Waals surface area contributed by atoms with Gasteiger partial charge >= 0.3 is 0 Å². The van der Waals surface area contributed by atoms with Gasteiger partial charge in [0.15, 0.2) is 0 Å². The van der Waals surface area contributed by atoms with Crippen LogP contribution in [0.15, 0.2) is 42.5 Å². The average molecular weight is 311 g/mol. The van der Waals surface area contributed by atoms with Crippen molar-refractivity contribution in [2.24, 2.45) is 0 Å². The molecule has 0 saturated carbocycles. The van der Waals surface area contributed by atoms with Gasteiger partial charge in [-0.3, -0.25) is 4.79 Å². The summed E-state index contributed by atoms with van der Waals surface area (Å²) < 4.78 is 26.2. The number of rotatable bonds is 5. The topological polar surface area (TPSA) is 41.1 Å². The predicted octanol–water partition coefficient (Wildman–Crippen LogP) is 3.35. The first-order valence-electron chi connectivity index (χ1n) is 6.24. The van der Waals surface area contributed by atoms with E-state index in [-0.39, 0.29) is 30.5 Å². The first-order valence-corrected chi connectivity index (χ1v) is 6.62. The fourth-order valence-electron chi connectivity index (χ4n) is 1.67. The summed E-state index contributed by atoms with van der Waals surface area (Å²) in [5.74, 6) is -1.15. The molecule has 110 valence electrons. The summed E-state index contributed by atoms with van der Waals surface area (Å²) in [4.78, 5) is 11.6. The SMILES string of the molecule is O=C(CNc1ccc(Cl)cc1F)NCc1ccc(F)cc1. The maximum atomic E-state index is 13.5. The van der Waals surface area contributed by atoms with Gasteiger partial charge in [-0.15, -0.1) is 0 Å². The van der Waals surface area contributed by atoms with Crippen molar-refractivity contribution in [1.29, 1.82) is 0 Å². The standard InChI is InChI=1S/C15H13ClF2N2O/c16-11-3-6-14(13(18)7-11)19-9-15(21)20-8-10-1-4-12(17)5-2-10/h1-7,19H,8-9H2,(H,20,21). The van der Waals surface area contributed by atoms with Crippen molar-refractivity contribution in [3.8, 4) is 0 Å². The number of benzene rings is 2. The summed E-state index contributed by atoms with van der Waals surface area (Å²) in [6, 6.07) is 9.98. The molecule has 0 saturated heterocycles.